The van der Waals surface area contributed by atoms with Crippen molar-refractivity contribution in [3.63, 3.8) is 0 Å². The summed E-state index contributed by atoms with van der Waals surface area (Å²) < 4.78 is 39.4. The van der Waals surface area contributed by atoms with E-state index in [1.807, 2.05) is 6.07 Å². The summed E-state index contributed by atoms with van der Waals surface area (Å²) >= 11 is 0. The lowest BCUT2D eigenvalue weighted by atomic mass is 10.1. The van der Waals surface area contributed by atoms with Crippen molar-refractivity contribution in [1.29, 1.82) is 0 Å². The molecule has 0 amide bonds. The van der Waals surface area contributed by atoms with Crippen LogP contribution in [0.4, 0.5) is 0 Å². The van der Waals surface area contributed by atoms with Crippen molar-refractivity contribution in [3.05, 3.63) is 23.8 Å². The number of rotatable bonds is 9. The molecule has 0 fully saturated rings. The van der Waals surface area contributed by atoms with Gasteiger partial charge in [-0.1, -0.05) is 6.07 Å². The predicted octanol–water partition coefficient (Wildman–Crippen LogP) is 1.03. The fourth-order valence-electron chi connectivity index (χ4n) is 1.98. The van der Waals surface area contributed by atoms with Crippen molar-refractivity contribution in [3.8, 4) is 11.5 Å². The zero-order chi connectivity index (χ0) is 15.9. The summed E-state index contributed by atoms with van der Waals surface area (Å²) in [7, 11) is 3.10. The number of hydrogen-bond acceptors (Lipinski definition) is 6. The topological polar surface area (TPSA) is 73.9 Å². The van der Waals surface area contributed by atoms with E-state index in [2.05, 4.69) is 5.32 Å². The first-order chi connectivity index (χ1) is 9.97. The van der Waals surface area contributed by atoms with E-state index >= 15 is 0 Å². The predicted molar refractivity (Wildman–Crippen MR) is 81.9 cm³/mol. The van der Waals surface area contributed by atoms with Crippen molar-refractivity contribution in [2.45, 2.75) is 6.04 Å². The van der Waals surface area contributed by atoms with Crippen LogP contribution >= 0.6 is 0 Å². The summed E-state index contributed by atoms with van der Waals surface area (Å²) in [6.07, 6.45) is 0. The maximum Gasteiger partial charge on any atom is 0.154 e. The Kier molecular flexibility index (Phi) is 6.94. The Morgan fingerprint density at radius 1 is 1.19 bits per heavy atom. The molecule has 7 heteroatoms. The highest BCUT2D eigenvalue weighted by Crippen LogP contribution is 2.30. The van der Waals surface area contributed by atoms with Crippen molar-refractivity contribution < 1.29 is 22.6 Å². The van der Waals surface area contributed by atoms with Gasteiger partial charge in [0.1, 0.15) is 11.5 Å². The molecule has 0 heterocycles. The molecule has 0 saturated carbocycles. The van der Waals surface area contributed by atoms with E-state index in [4.69, 9.17) is 14.2 Å². The van der Waals surface area contributed by atoms with Crippen LogP contribution in [0.5, 0.6) is 11.5 Å². The first-order valence-electron chi connectivity index (χ1n) is 6.56. The summed E-state index contributed by atoms with van der Waals surface area (Å²) in [6, 6.07) is 4.98. The minimum Gasteiger partial charge on any atom is -0.497 e. The van der Waals surface area contributed by atoms with Gasteiger partial charge in [-0.25, -0.2) is 8.42 Å². The van der Waals surface area contributed by atoms with Gasteiger partial charge in [0, 0.05) is 24.8 Å². The Labute approximate surface area is 126 Å². The zero-order valence-corrected chi connectivity index (χ0v) is 13.7. The molecule has 0 spiro atoms. The lowest BCUT2D eigenvalue weighted by Gasteiger charge is -2.20. The zero-order valence-electron chi connectivity index (χ0n) is 12.9. The molecule has 1 N–H and O–H groups in total. The molecule has 120 valence electrons. The monoisotopic (exact) mass is 317 g/mol. The second-order valence-corrected chi connectivity index (χ2v) is 6.79. The number of sulfone groups is 1. The molecule has 0 bridgehead atoms. The van der Waals surface area contributed by atoms with Crippen molar-refractivity contribution in [1.82, 2.24) is 5.32 Å². The van der Waals surface area contributed by atoms with Gasteiger partial charge >= 0.3 is 0 Å². The highest BCUT2D eigenvalue weighted by atomic mass is 32.2. The van der Waals surface area contributed by atoms with E-state index in [1.165, 1.54) is 7.11 Å². The summed E-state index contributed by atoms with van der Waals surface area (Å²) in [5.41, 5.74) is 0.779. The van der Waals surface area contributed by atoms with Crippen LogP contribution in [0.3, 0.4) is 0 Å². The fourth-order valence-corrected chi connectivity index (χ4v) is 3.42. The lowest BCUT2D eigenvalue weighted by molar-refractivity contribution is 0.217. The molecule has 0 radical (unpaired) electrons. The molecule has 6 nitrogen and oxygen atoms in total. The van der Waals surface area contributed by atoms with Gasteiger partial charge in [-0.3, -0.25) is 0 Å². The molecular formula is C14H23NO5S. The highest BCUT2D eigenvalue weighted by molar-refractivity contribution is 7.91. The van der Waals surface area contributed by atoms with Gasteiger partial charge in [0.2, 0.25) is 0 Å². The first-order valence-corrected chi connectivity index (χ1v) is 8.38. The SMILES string of the molecule is CNC(CS(=O)(=O)CCOC)c1ccc(OC)cc1OC. The average Bonchev–Trinajstić information content (AvgIpc) is 2.50. The third-order valence-corrected chi connectivity index (χ3v) is 4.81. The Bertz CT molecular complexity index is 544. The van der Waals surface area contributed by atoms with E-state index in [0.717, 1.165) is 5.56 Å². The van der Waals surface area contributed by atoms with Gasteiger partial charge in [-0.15, -0.1) is 0 Å². The second-order valence-electron chi connectivity index (χ2n) is 4.56. The van der Waals surface area contributed by atoms with Gasteiger partial charge < -0.3 is 19.5 Å². The molecule has 0 aromatic heterocycles. The molecule has 1 rings (SSSR count). The molecule has 0 aliphatic heterocycles. The Balaban J connectivity index is 2.99. The molecule has 1 unspecified atom stereocenters. The molecule has 0 aliphatic carbocycles. The maximum atomic E-state index is 12.1. The molecule has 1 aromatic rings. The summed E-state index contributed by atoms with van der Waals surface area (Å²) in [4.78, 5) is 0. The van der Waals surface area contributed by atoms with E-state index in [1.54, 1.807) is 33.4 Å². The number of benzene rings is 1. The summed E-state index contributed by atoms with van der Waals surface area (Å²) in [5, 5.41) is 3.02. The van der Waals surface area contributed by atoms with E-state index in [-0.39, 0.29) is 24.2 Å². The number of methoxy groups -OCH3 is 3. The highest BCUT2D eigenvalue weighted by Gasteiger charge is 2.22. The third kappa shape index (κ3) is 5.18. The van der Waals surface area contributed by atoms with Crippen molar-refractivity contribution in [2.24, 2.45) is 0 Å². The average molecular weight is 317 g/mol. The molecule has 0 saturated heterocycles. The minimum atomic E-state index is -3.22. The molecular weight excluding hydrogens is 294 g/mol. The van der Waals surface area contributed by atoms with Crippen LogP contribution in [0, 0.1) is 0 Å². The standard InChI is InChI=1S/C14H23NO5S/c1-15-13(10-21(16,17)8-7-18-2)12-6-5-11(19-3)9-14(12)20-4/h5-6,9,13,15H,7-8,10H2,1-4H3. The maximum absolute atomic E-state index is 12.1. The van der Waals surface area contributed by atoms with Crippen LogP contribution in [0.1, 0.15) is 11.6 Å². The second kappa shape index (κ2) is 8.21. The first kappa shape index (κ1) is 17.7. The number of ether oxygens (including phenoxy) is 3. The Morgan fingerprint density at radius 2 is 1.90 bits per heavy atom. The normalized spacial score (nSPS) is 13.0. The van der Waals surface area contributed by atoms with Crippen LogP contribution in [0.25, 0.3) is 0 Å². The fraction of sp³-hybridized carbons (Fsp3) is 0.571. The van der Waals surface area contributed by atoms with Gasteiger partial charge in [-0.05, 0) is 13.1 Å². The Morgan fingerprint density at radius 3 is 2.43 bits per heavy atom. The van der Waals surface area contributed by atoms with Gasteiger partial charge in [-0.2, -0.15) is 0 Å². The largest absolute Gasteiger partial charge is 0.497 e. The van der Waals surface area contributed by atoms with Crippen LogP contribution in [-0.4, -0.2) is 54.9 Å². The van der Waals surface area contributed by atoms with Crippen molar-refractivity contribution in [2.75, 3.05) is 46.5 Å². The van der Waals surface area contributed by atoms with Gasteiger partial charge in [0.15, 0.2) is 9.84 Å². The van der Waals surface area contributed by atoms with Crippen LogP contribution < -0.4 is 14.8 Å². The molecule has 1 atom stereocenters. The molecule has 0 aliphatic rings. The number of nitrogens with one attached hydrogen (secondary N) is 1. The van der Waals surface area contributed by atoms with E-state index in [0.29, 0.717) is 11.5 Å². The smallest absolute Gasteiger partial charge is 0.154 e. The van der Waals surface area contributed by atoms with Crippen LogP contribution in [0.2, 0.25) is 0 Å². The van der Waals surface area contributed by atoms with E-state index in [9.17, 15) is 8.42 Å². The molecule has 1 aromatic carbocycles. The summed E-state index contributed by atoms with van der Waals surface area (Å²) in [6.45, 7) is 0.193. The van der Waals surface area contributed by atoms with Gasteiger partial charge in [0.05, 0.1) is 32.3 Å². The quantitative estimate of drug-likeness (QED) is 0.733. The summed E-state index contributed by atoms with van der Waals surface area (Å²) in [5.74, 6) is 1.23. The molecule has 21 heavy (non-hydrogen) atoms. The number of hydrogen-bond donors (Lipinski definition) is 1. The van der Waals surface area contributed by atoms with Crippen LogP contribution in [-0.2, 0) is 14.6 Å². The van der Waals surface area contributed by atoms with E-state index < -0.39 is 9.84 Å². The lowest BCUT2D eigenvalue weighted by Crippen LogP contribution is -2.28. The Hall–Kier alpha value is -1.31. The minimum absolute atomic E-state index is 0.000149. The van der Waals surface area contributed by atoms with Crippen molar-refractivity contribution >= 4 is 9.84 Å². The van der Waals surface area contributed by atoms with Crippen LogP contribution in [0.15, 0.2) is 18.2 Å². The third-order valence-electron chi connectivity index (χ3n) is 3.18. The van der Waals surface area contributed by atoms with Gasteiger partial charge in [0.25, 0.3) is 0 Å².